The van der Waals surface area contributed by atoms with Crippen LogP contribution < -0.4 is 0 Å². The molecule has 0 radical (unpaired) electrons. The normalized spacial score (nSPS) is 10.6. The molecule has 0 N–H and O–H groups in total. The Hall–Kier alpha value is -2.10. The summed E-state index contributed by atoms with van der Waals surface area (Å²) in [6.07, 6.45) is 20.3. The minimum atomic E-state index is -0.444. The third-order valence-electron chi connectivity index (χ3n) is 5.47. The van der Waals surface area contributed by atoms with Crippen LogP contribution in [0.3, 0.4) is 0 Å². The van der Waals surface area contributed by atoms with Gasteiger partial charge in [-0.05, 0) is 37.8 Å². The molecule has 34 heavy (non-hydrogen) atoms. The molecular weight excluding hydrogens is 424 g/mol. The van der Waals surface area contributed by atoms with E-state index in [4.69, 9.17) is 9.47 Å². The summed E-state index contributed by atoms with van der Waals surface area (Å²) in [5.41, 5.74) is 0.586. The molecule has 194 valence electrons. The average molecular weight is 475 g/mol. The molecule has 0 bridgehead atoms. The van der Waals surface area contributed by atoms with Crippen LogP contribution in [0.25, 0.3) is 0 Å². The molecule has 0 aliphatic heterocycles. The van der Waals surface area contributed by atoms with Gasteiger partial charge < -0.3 is 9.47 Å². The molecule has 0 aliphatic rings. The van der Waals surface area contributed by atoms with Gasteiger partial charge in [0.05, 0.1) is 24.3 Å². The monoisotopic (exact) mass is 474 g/mol. The number of benzene rings is 1. The number of allylic oxidation sites excluding steroid dienone is 2. The van der Waals surface area contributed by atoms with E-state index in [0.29, 0.717) is 24.3 Å². The summed E-state index contributed by atoms with van der Waals surface area (Å²) in [5, 5.41) is 0. The van der Waals surface area contributed by atoms with Gasteiger partial charge in [-0.1, -0.05) is 116 Å². The lowest BCUT2D eigenvalue weighted by Crippen LogP contribution is -2.15. The summed E-state index contributed by atoms with van der Waals surface area (Å²) in [6.45, 7) is 9.46. The van der Waals surface area contributed by atoms with E-state index in [1.807, 2.05) is 0 Å². The molecule has 0 fully saturated rings. The van der Waals surface area contributed by atoms with Crippen LogP contribution in [0.1, 0.15) is 138 Å². The van der Waals surface area contributed by atoms with Crippen molar-refractivity contribution in [2.45, 2.75) is 118 Å². The zero-order valence-electron chi connectivity index (χ0n) is 22.4. The van der Waals surface area contributed by atoms with Crippen LogP contribution in [-0.4, -0.2) is 25.2 Å². The van der Waals surface area contributed by atoms with Crippen molar-refractivity contribution < 1.29 is 19.1 Å². The number of carbonyl (C=O) groups excluding carboxylic acids is 2. The van der Waals surface area contributed by atoms with Crippen LogP contribution >= 0.6 is 0 Å². The van der Waals surface area contributed by atoms with Crippen molar-refractivity contribution in [3.8, 4) is 0 Å². The van der Waals surface area contributed by atoms with E-state index in [0.717, 1.165) is 25.7 Å². The maximum atomic E-state index is 12.4. The third kappa shape index (κ3) is 17.4. The van der Waals surface area contributed by atoms with Crippen molar-refractivity contribution in [3.63, 3.8) is 0 Å². The largest absolute Gasteiger partial charge is 0.462 e. The first kappa shape index (κ1) is 31.9. The fraction of sp³-hybridized carbons (Fsp3) is 0.667. The first-order valence-corrected chi connectivity index (χ1v) is 13.7. The van der Waals surface area contributed by atoms with Crippen molar-refractivity contribution in [2.75, 3.05) is 13.2 Å². The Kier molecular flexibility index (Phi) is 22.6. The molecule has 0 amide bonds. The van der Waals surface area contributed by atoms with Gasteiger partial charge in [0.1, 0.15) is 0 Å². The number of hydrogen-bond donors (Lipinski definition) is 0. The highest BCUT2D eigenvalue weighted by Crippen LogP contribution is 2.14. The summed E-state index contributed by atoms with van der Waals surface area (Å²) in [6, 6.07) is 6.74. The highest BCUT2D eigenvalue weighted by atomic mass is 16.5. The highest BCUT2D eigenvalue weighted by Gasteiger charge is 2.18. The Bertz CT molecular complexity index is 596. The minimum absolute atomic E-state index is 0.293. The topological polar surface area (TPSA) is 52.6 Å². The molecule has 0 saturated heterocycles. The Balaban J connectivity index is 0.00000160. The molecule has 0 spiro atoms. The summed E-state index contributed by atoms with van der Waals surface area (Å²) in [5.74, 6) is -0.888. The Morgan fingerprint density at radius 3 is 1.29 bits per heavy atom. The lowest BCUT2D eigenvalue weighted by Gasteiger charge is -2.10. The maximum Gasteiger partial charge on any atom is 0.339 e. The summed E-state index contributed by atoms with van der Waals surface area (Å²) >= 11 is 0. The first-order valence-electron chi connectivity index (χ1n) is 13.7. The van der Waals surface area contributed by atoms with Crippen LogP contribution in [0.15, 0.2) is 36.4 Å². The predicted octanol–water partition coefficient (Wildman–Crippen LogP) is 9.08. The van der Waals surface area contributed by atoms with E-state index in [1.54, 1.807) is 24.3 Å². The van der Waals surface area contributed by atoms with Crippen LogP contribution in [0.4, 0.5) is 0 Å². The van der Waals surface area contributed by atoms with Crippen molar-refractivity contribution >= 4 is 11.9 Å². The quantitative estimate of drug-likeness (QED) is 0.121. The molecule has 0 atom stereocenters. The van der Waals surface area contributed by atoms with Gasteiger partial charge in [-0.25, -0.2) is 9.59 Å². The standard InChI is InChI=1S/C24H38O4.C6H12/c1-3-5-7-9-11-15-19-27-23(25)21-17-13-14-18-22(21)24(26)28-20-16-12-10-8-6-4-2;1-3-5-6-4-2/h13-14,17-18H,3-12,15-16,19-20H2,1-2H3;5-6H,3-4H2,1-2H3. The fourth-order valence-corrected chi connectivity index (χ4v) is 3.42. The van der Waals surface area contributed by atoms with Gasteiger partial charge in [0, 0.05) is 0 Å². The third-order valence-corrected chi connectivity index (χ3v) is 5.47. The lowest BCUT2D eigenvalue weighted by atomic mass is 10.1. The van der Waals surface area contributed by atoms with Gasteiger partial charge in [0.15, 0.2) is 0 Å². The van der Waals surface area contributed by atoms with Crippen molar-refractivity contribution in [2.24, 2.45) is 0 Å². The fourth-order valence-electron chi connectivity index (χ4n) is 3.42. The van der Waals surface area contributed by atoms with E-state index in [1.165, 1.54) is 64.2 Å². The van der Waals surface area contributed by atoms with Crippen LogP contribution in [0, 0.1) is 0 Å². The molecule has 0 aliphatic carbocycles. The molecule has 4 heteroatoms. The zero-order chi connectivity index (χ0) is 25.3. The molecule has 4 nitrogen and oxygen atoms in total. The minimum Gasteiger partial charge on any atom is -0.462 e. The summed E-state index contributed by atoms with van der Waals surface area (Å²) in [7, 11) is 0. The van der Waals surface area contributed by atoms with Gasteiger partial charge in [-0.3, -0.25) is 0 Å². The number of hydrogen-bond acceptors (Lipinski definition) is 4. The molecule has 1 aromatic rings. The van der Waals surface area contributed by atoms with Crippen molar-refractivity contribution in [3.05, 3.63) is 47.5 Å². The number of rotatable bonds is 18. The van der Waals surface area contributed by atoms with E-state index >= 15 is 0 Å². The lowest BCUT2D eigenvalue weighted by molar-refractivity contribution is 0.0450. The second-order valence-corrected chi connectivity index (χ2v) is 8.64. The number of unbranched alkanes of at least 4 members (excludes halogenated alkanes) is 10. The second-order valence-electron chi connectivity index (χ2n) is 8.64. The molecule has 1 rings (SSSR count). The molecule has 1 aromatic carbocycles. The van der Waals surface area contributed by atoms with E-state index in [-0.39, 0.29) is 0 Å². The summed E-state index contributed by atoms with van der Waals surface area (Å²) in [4.78, 5) is 24.7. The van der Waals surface area contributed by atoms with Gasteiger partial charge in [-0.2, -0.15) is 0 Å². The summed E-state index contributed by atoms with van der Waals surface area (Å²) < 4.78 is 10.7. The van der Waals surface area contributed by atoms with E-state index in [2.05, 4.69) is 39.8 Å². The highest BCUT2D eigenvalue weighted by molar-refractivity contribution is 6.03. The van der Waals surface area contributed by atoms with Gasteiger partial charge in [0.25, 0.3) is 0 Å². The second kappa shape index (κ2) is 24.0. The van der Waals surface area contributed by atoms with Gasteiger partial charge in [-0.15, -0.1) is 0 Å². The van der Waals surface area contributed by atoms with E-state index < -0.39 is 11.9 Å². The van der Waals surface area contributed by atoms with Gasteiger partial charge in [0.2, 0.25) is 0 Å². The molecule has 0 aromatic heterocycles. The Labute approximate surface area is 209 Å². The molecule has 0 unspecified atom stereocenters. The zero-order valence-corrected chi connectivity index (χ0v) is 22.4. The smallest absolute Gasteiger partial charge is 0.339 e. The van der Waals surface area contributed by atoms with Crippen LogP contribution in [-0.2, 0) is 9.47 Å². The van der Waals surface area contributed by atoms with E-state index in [9.17, 15) is 9.59 Å². The average Bonchev–Trinajstić information content (AvgIpc) is 2.86. The number of carbonyl (C=O) groups is 2. The Morgan fingerprint density at radius 1 is 0.588 bits per heavy atom. The predicted molar refractivity (Wildman–Crippen MR) is 143 cm³/mol. The number of esters is 2. The van der Waals surface area contributed by atoms with Gasteiger partial charge >= 0.3 is 11.9 Å². The SMILES string of the molecule is CCC=CCC.CCCCCCCCOC(=O)c1ccccc1C(=O)OCCCCCCCC. The number of ether oxygens (including phenoxy) is 2. The van der Waals surface area contributed by atoms with Crippen molar-refractivity contribution in [1.29, 1.82) is 0 Å². The molecule has 0 saturated carbocycles. The Morgan fingerprint density at radius 2 is 0.941 bits per heavy atom. The van der Waals surface area contributed by atoms with Crippen LogP contribution in [0.5, 0.6) is 0 Å². The first-order chi connectivity index (χ1) is 16.6. The van der Waals surface area contributed by atoms with Crippen molar-refractivity contribution in [1.82, 2.24) is 0 Å². The molecule has 0 heterocycles. The maximum absolute atomic E-state index is 12.4. The molecular formula is C30H50O4. The van der Waals surface area contributed by atoms with Crippen LogP contribution in [0.2, 0.25) is 0 Å².